The maximum absolute atomic E-state index is 12.4. The van der Waals surface area contributed by atoms with Gasteiger partial charge >= 0.3 is 0 Å². The highest BCUT2D eigenvalue weighted by Gasteiger charge is 2.22. The second-order valence-electron chi connectivity index (χ2n) is 6.99. The number of hydrogen-bond acceptors (Lipinski definition) is 5. The molecule has 9 heteroatoms. The Morgan fingerprint density at radius 1 is 1.41 bits per heavy atom. The van der Waals surface area contributed by atoms with Crippen molar-refractivity contribution in [1.29, 1.82) is 0 Å². The van der Waals surface area contributed by atoms with Crippen LogP contribution in [-0.4, -0.2) is 59.0 Å². The Morgan fingerprint density at radius 2 is 2.17 bits per heavy atom. The van der Waals surface area contributed by atoms with E-state index in [1.165, 1.54) is 12.2 Å². The third-order valence-electron chi connectivity index (χ3n) is 4.29. The van der Waals surface area contributed by atoms with Crippen LogP contribution < -0.4 is 10.5 Å². The highest BCUT2D eigenvalue weighted by Crippen LogP contribution is 2.33. The lowest BCUT2D eigenvalue weighted by Crippen LogP contribution is -2.25. The van der Waals surface area contributed by atoms with Crippen LogP contribution in [0.15, 0.2) is 34.4 Å². The summed E-state index contributed by atoms with van der Waals surface area (Å²) in [7, 11) is 3.00. The molecule has 0 radical (unpaired) electrons. The van der Waals surface area contributed by atoms with Crippen LogP contribution in [0.3, 0.4) is 0 Å². The number of aromatic nitrogens is 2. The van der Waals surface area contributed by atoms with Crippen LogP contribution in [0, 0.1) is 0 Å². The molecular formula is C20H26N6O3. The van der Waals surface area contributed by atoms with Gasteiger partial charge in [-0.25, -0.2) is 15.0 Å². The summed E-state index contributed by atoms with van der Waals surface area (Å²) < 4.78 is 7.87. The third kappa shape index (κ3) is 4.45. The van der Waals surface area contributed by atoms with Gasteiger partial charge in [0, 0.05) is 24.8 Å². The molecule has 29 heavy (non-hydrogen) atoms. The molecule has 1 aliphatic heterocycles. The number of amides is 1. The highest BCUT2D eigenvalue weighted by atomic mass is 16.7. The highest BCUT2D eigenvalue weighted by molar-refractivity contribution is 6.05. The summed E-state index contributed by atoms with van der Waals surface area (Å²) in [4.78, 5) is 31.0. The number of nitrogens with zero attached hydrogens (tertiary/aromatic N) is 5. The second-order valence-corrected chi connectivity index (χ2v) is 6.99. The van der Waals surface area contributed by atoms with E-state index in [1.54, 1.807) is 26.1 Å². The molecule has 2 aromatic rings. The van der Waals surface area contributed by atoms with Crippen molar-refractivity contribution in [1.82, 2.24) is 14.6 Å². The average Bonchev–Trinajstić information content (AvgIpc) is 3.02. The molecule has 0 aliphatic carbocycles. The predicted octanol–water partition coefficient (Wildman–Crippen LogP) is 2.11. The Hall–Kier alpha value is -3.20. The van der Waals surface area contributed by atoms with Gasteiger partial charge in [-0.2, -0.15) is 0 Å². The molecule has 1 aliphatic rings. The average molecular weight is 398 g/mol. The quantitative estimate of drug-likeness (QED) is 0.482. The molecule has 0 atom stereocenters. The number of nitrogens with two attached hydrogens (primary N) is 1. The first-order valence-corrected chi connectivity index (χ1v) is 9.35. The Morgan fingerprint density at radius 3 is 2.83 bits per heavy atom. The molecule has 0 saturated carbocycles. The standard InChI is InChI=1S/C20H26N6O3/c1-12(2)22-18(23-13(3)21)16-11-26-8-9-29-17-10-14(20(27)25(4)28-5)6-7-15(17)19(26)24-16/h6-7,10-12H,8-9H2,1-5H3,(H2,21,22,23). The summed E-state index contributed by atoms with van der Waals surface area (Å²) in [6, 6.07) is 5.32. The summed E-state index contributed by atoms with van der Waals surface area (Å²) in [6.45, 7) is 6.72. The first kappa shape index (κ1) is 20.5. The van der Waals surface area contributed by atoms with E-state index in [9.17, 15) is 4.79 Å². The number of carbonyl (C=O) groups excluding carboxylic acids is 1. The minimum atomic E-state index is -0.258. The van der Waals surface area contributed by atoms with Crippen molar-refractivity contribution in [3.05, 3.63) is 35.7 Å². The fraction of sp³-hybridized carbons (Fsp3) is 0.400. The molecule has 0 fully saturated rings. The van der Waals surface area contributed by atoms with E-state index in [0.717, 1.165) is 11.4 Å². The number of aliphatic imine (C=N–C) groups is 2. The van der Waals surface area contributed by atoms with Gasteiger partial charge in [0.25, 0.3) is 5.91 Å². The lowest BCUT2D eigenvalue weighted by molar-refractivity contribution is -0.0757. The summed E-state index contributed by atoms with van der Waals surface area (Å²) in [5.74, 6) is 1.98. The molecular weight excluding hydrogens is 372 g/mol. The third-order valence-corrected chi connectivity index (χ3v) is 4.29. The molecule has 1 aromatic carbocycles. The van der Waals surface area contributed by atoms with Crippen LogP contribution in [0.4, 0.5) is 0 Å². The monoisotopic (exact) mass is 398 g/mol. The molecule has 154 valence electrons. The molecule has 0 unspecified atom stereocenters. The van der Waals surface area contributed by atoms with Gasteiger partial charge in [0.2, 0.25) is 0 Å². The van der Waals surface area contributed by atoms with Gasteiger partial charge < -0.3 is 15.0 Å². The zero-order chi connectivity index (χ0) is 21.1. The van der Waals surface area contributed by atoms with E-state index in [4.69, 9.17) is 20.3 Å². The summed E-state index contributed by atoms with van der Waals surface area (Å²) in [5, 5.41) is 1.17. The first-order valence-electron chi connectivity index (χ1n) is 9.35. The van der Waals surface area contributed by atoms with Crippen LogP contribution in [0.25, 0.3) is 11.4 Å². The van der Waals surface area contributed by atoms with Crippen molar-refractivity contribution in [3.63, 3.8) is 0 Å². The van der Waals surface area contributed by atoms with Crippen molar-refractivity contribution in [3.8, 4) is 17.1 Å². The number of hydrogen-bond donors (Lipinski definition) is 1. The summed E-state index contributed by atoms with van der Waals surface area (Å²) in [6.07, 6.45) is 1.90. The number of rotatable bonds is 4. The molecule has 3 rings (SSSR count). The smallest absolute Gasteiger partial charge is 0.277 e. The number of benzene rings is 1. The Balaban J connectivity index is 2.05. The maximum atomic E-state index is 12.4. The SMILES string of the molecule is CON(C)C(=O)c1ccc2c(c1)OCCn1cc(C(N=C(C)N)=NC(C)C)nc1-2. The fourth-order valence-electron chi connectivity index (χ4n) is 2.95. The molecule has 2 N–H and O–H groups in total. The maximum Gasteiger partial charge on any atom is 0.277 e. The lowest BCUT2D eigenvalue weighted by atomic mass is 10.1. The van der Waals surface area contributed by atoms with Gasteiger partial charge in [-0.15, -0.1) is 0 Å². The minimum absolute atomic E-state index is 0.0524. The van der Waals surface area contributed by atoms with E-state index in [2.05, 4.69) is 9.98 Å². The van der Waals surface area contributed by atoms with Crippen LogP contribution >= 0.6 is 0 Å². The number of ether oxygens (including phenoxy) is 1. The Bertz CT molecular complexity index is 973. The topological polar surface area (TPSA) is 107 Å². The second kappa shape index (κ2) is 8.44. The van der Waals surface area contributed by atoms with Crippen LogP contribution in [0.2, 0.25) is 0 Å². The van der Waals surface area contributed by atoms with Crippen molar-refractivity contribution in [2.24, 2.45) is 15.7 Å². The molecule has 2 heterocycles. The molecule has 9 nitrogen and oxygen atoms in total. The van der Waals surface area contributed by atoms with Gasteiger partial charge in [-0.1, -0.05) is 0 Å². The number of carbonyl (C=O) groups is 1. The summed E-state index contributed by atoms with van der Waals surface area (Å²) in [5.41, 5.74) is 7.69. The van der Waals surface area contributed by atoms with Crippen LogP contribution in [0.1, 0.15) is 36.8 Å². The van der Waals surface area contributed by atoms with Crippen LogP contribution in [0.5, 0.6) is 5.75 Å². The Kier molecular flexibility index (Phi) is 5.97. The number of fused-ring (bicyclic) bond motifs is 3. The molecule has 0 bridgehead atoms. The van der Waals surface area contributed by atoms with E-state index >= 15 is 0 Å². The van der Waals surface area contributed by atoms with E-state index in [-0.39, 0.29) is 11.9 Å². The van der Waals surface area contributed by atoms with Gasteiger partial charge in [-0.05, 0) is 39.0 Å². The van der Waals surface area contributed by atoms with Gasteiger partial charge in [0.1, 0.15) is 23.9 Å². The predicted molar refractivity (Wildman–Crippen MR) is 111 cm³/mol. The van der Waals surface area contributed by atoms with Crippen molar-refractivity contribution >= 4 is 17.6 Å². The van der Waals surface area contributed by atoms with E-state index in [0.29, 0.717) is 41.8 Å². The molecule has 0 spiro atoms. The molecule has 1 aromatic heterocycles. The lowest BCUT2D eigenvalue weighted by Gasteiger charge is -2.15. The largest absolute Gasteiger partial charge is 0.491 e. The minimum Gasteiger partial charge on any atom is -0.491 e. The zero-order valence-electron chi connectivity index (χ0n) is 17.3. The number of hydroxylamine groups is 2. The van der Waals surface area contributed by atoms with Crippen LogP contribution in [-0.2, 0) is 11.4 Å². The summed E-state index contributed by atoms with van der Waals surface area (Å²) >= 11 is 0. The van der Waals surface area contributed by atoms with Gasteiger partial charge in [0.05, 0.1) is 25.1 Å². The fourth-order valence-corrected chi connectivity index (χ4v) is 2.95. The number of amidine groups is 2. The molecule has 1 amide bonds. The zero-order valence-corrected chi connectivity index (χ0v) is 17.3. The van der Waals surface area contributed by atoms with Crippen molar-refractivity contribution in [2.45, 2.75) is 33.4 Å². The van der Waals surface area contributed by atoms with Crippen molar-refractivity contribution < 1.29 is 14.4 Å². The van der Waals surface area contributed by atoms with Gasteiger partial charge in [0.15, 0.2) is 5.84 Å². The van der Waals surface area contributed by atoms with E-state index < -0.39 is 0 Å². The number of imidazole rings is 1. The van der Waals surface area contributed by atoms with Crippen molar-refractivity contribution in [2.75, 3.05) is 20.8 Å². The Labute approximate surface area is 169 Å². The van der Waals surface area contributed by atoms with Gasteiger partial charge in [-0.3, -0.25) is 14.6 Å². The van der Waals surface area contributed by atoms with E-state index in [1.807, 2.05) is 30.7 Å². The first-order chi connectivity index (χ1) is 13.8. The normalized spacial score (nSPS) is 14.1. The molecule has 0 saturated heterocycles.